The molecule has 1 aliphatic rings. The first-order valence-electron chi connectivity index (χ1n) is 6.85. The molecular formula is C17H14Cl2O2. The first kappa shape index (κ1) is 14.4. The van der Waals surface area contributed by atoms with E-state index in [1.807, 2.05) is 24.3 Å². The second-order valence-corrected chi connectivity index (χ2v) is 5.97. The van der Waals surface area contributed by atoms with E-state index in [4.69, 9.17) is 27.9 Å². The van der Waals surface area contributed by atoms with E-state index in [-0.39, 0.29) is 11.7 Å². The van der Waals surface area contributed by atoms with Gasteiger partial charge in [0.05, 0.1) is 11.6 Å². The van der Waals surface area contributed by atoms with Crippen LogP contribution < -0.4 is 4.74 Å². The standard InChI is InChI=1S/C17H14Cl2O2/c18-12-5-6-14(15(19)10-12)16(20)9-11-7-8-21-17-4-2-1-3-13(11)17/h1-6,10-11H,7-9H2. The number of para-hydroxylation sites is 1. The fraction of sp³-hybridized carbons (Fsp3) is 0.235. The number of hydrogen-bond acceptors (Lipinski definition) is 2. The summed E-state index contributed by atoms with van der Waals surface area (Å²) >= 11 is 12.0. The van der Waals surface area contributed by atoms with E-state index in [9.17, 15) is 4.79 Å². The quantitative estimate of drug-likeness (QED) is 0.732. The predicted octanol–water partition coefficient (Wildman–Crippen LogP) is 5.13. The highest BCUT2D eigenvalue weighted by molar-refractivity contribution is 6.36. The number of fused-ring (bicyclic) bond motifs is 1. The van der Waals surface area contributed by atoms with Gasteiger partial charge >= 0.3 is 0 Å². The van der Waals surface area contributed by atoms with E-state index < -0.39 is 0 Å². The summed E-state index contributed by atoms with van der Waals surface area (Å²) in [4.78, 5) is 12.5. The minimum absolute atomic E-state index is 0.0402. The molecule has 108 valence electrons. The van der Waals surface area contributed by atoms with Gasteiger partial charge < -0.3 is 4.74 Å². The highest BCUT2D eigenvalue weighted by atomic mass is 35.5. The molecular weight excluding hydrogens is 307 g/mol. The van der Waals surface area contributed by atoms with Crippen LogP contribution in [0.2, 0.25) is 10.0 Å². The third-order valence-electron chi connectivity index (χ3n) is 3.75. The van der Waals surface area contributed by atoms with Crippen LogP contribution in [0.25, 0.3) is 0 Å². The highest BCUT2D eigenvalue weighted by Gasteiger charge is 2.24. The molecule has 0 saturated carbocycles. The molecule has 2 nitrogen and oxygen atoms in total. The fourth-order valence-electron chi connectivity index (χ4n) is 2.68. The summed E-state index contributed by atoms with van der Waals surface area (Å²) < 4.78 is 5.63. The number of halogens is 2. The molecule has 1 atom stereocenters. The number of rotatable bonds is 3. The Morgan fingerprint density at radius 2 is 2.00 bits per heavy atom. The summed E-state index contributed by atoms with van der Waals surface area (Å²) in [6, 6.07) is 12.9. The summed E-state index contributed by atoms with van der Waals surface area (Å²) in [7, 11) is 0. The zero-order valence-electron chi connectivity index (χ0n) is 11.3. The minimum Gasteiger partial charge on any atom is -0.493 e. The summed E-state index contributed by atoms with van der Waals surface area (Å²) in [6.45, 7) is 0.642. The maximum Gasteiger partial charge on any atom is 0.164 e. The topological polar surface area (TPSA) is 26.3 Å². The van der Waals surface area contributed by atoms with Crippen molar-refractivity contribution in [1.29, 1.82) is 0 Å². The number of ether oxygens (including phenoxy) is 1. The van der Waals surface area contributed by atoms with Gasteiger partial charge in [0, 0.05) is 17.0 Å². The molecule has 0 bridgehead atoms. The Bertz CT molecular complexity index is 682. The Morgan fingerprint density at radius 3 is 2.81 bits per heavy atom. The third-order valence-corrected chi connectivity index (χ3v) is 4.29. The van der Waals surface area contributed by atoms with Crippen molar-refractivity contribution in [3.8, 4) is 5.75 Å². The number of carbonyl (C=O) groups is 1. The van der Waals surface area contributed by atoms with Crippen LogP contribution in [-0.2, 0) is 0 Å². The van der Waals surface area contributed by atoms with Gasteiger partial charge in [-0.15, -0.1) is 0 Å². The van der Waals surface area contributed by atoms with E-state index in [1.54, 1.807) is 18.2 Å². The van der Waals surface area contributed by atoms with Crippen LogP contribution in [0, 0.1) is 0 Å². The maximum atomic E-state index is 12.5. The van der Waals surface area contributed by atoms with E-state index in [0.717, 1.165) is 17.7 Å². The molecule has 3 rings (SSSR count). The molecule has 1 unspecified atom stereocenters. The van der Waals surface area contributed by atoms with Crippen molar-refractivity contribution < 1.29 is 9.53 Å². The average Bonchev–Trinajstić information content (AvgIpc) is 2.47. The SMILES string of the molecule is O=C(CC1CCOc2ccccc21)c1ccc(Cl)cc1Cl. The first-order valence-corrected chi connectivity index (χ1v) is 7.60. The molecule has 2 aromatic carbocycles. The predicted molar refractivity (Wildman–Crippen MR) is 84.7 cm³/mol. The maximum absolute atomic E-state index is 12.5. The van der Waals surface area contributed by atoms with Gasteiger partial charge in [0.25, 0.3) is 0 Å². The number of ketones is 1. The van der Waals surface area contributed by atoms with Crippen LogP contribution in [0.5, 0.6) is 5.75 Å². The van der Waals surface area contributed by atoms with Crippen molar-refractivity contribution >= 4 is 29.0 Å². The number of benzene rings is 2. The zero-order chi connectivity index (χ0) is 14.8. The van der Waals surface area contributed by atoms with Gasteiger partial charge in [-0.3, -0.25) is 4.79 Å². The molecule has 0 aromatic heterocycles. The monoisotopic (exact) mass is 320 g/mol. The summed E-state index contributed by atoms with van der Waals surface area (Å²) in [5.74, 6) is 1.09. The molecule has 1 aliphatic heterocycles. The van der Waals surface area contributed by atoms with Crippen LogP contribution >= 0.6 is 23.2 Å². The molecule has 21 heavy (non-hydrogen) atoms. The van der Waals surface area contributed by atoms with E-state index in [2.05, 4.69) is 0 Å². The number of hydrogen-bond donors (Lipinski definition) is 0. The fourth-order valence-corrected chi connectivity index (χ4v) is 3.19. The number of Topliss-reactive ketones (excluding diaryl/α,β-unsaturated/α-hetero) is 1. The third kappa shape index (κ3) is 3.07. The molecule has 0 N–H and O–H groups in total. The molecule has 2 aromatic rings. The van der Waals surface area contributed by atoms with Crippen LogP contribution in [0.4, 0.5) is 0 Å². The van der Waals surface area contributed by atoms with Crippen molar-refractivity contribution in [3.05, 3.63) is 63.6 Å². The van der Waals surface area contributed by atoms with Crippen LogP contribution in [0.3, 0.4) is 0 Å². The molecule has 4 heteroatoms. The normalized spacial score (nSPS) is 17.0. The van der Waals surface area contributed by atoms with Crippen molar-refractivity contribution in [2.45, 2.75) is 18.8 Å². The lowest BCUT2D eigenvalue weighted by Gasteiger charge is -2.25. The lowest BCUT2D eigenvalue weighted by atomic mass is 9.87. The minimum atomic E-state index is 0.0402. The lowest BCUT2D eigenvalue weighted by molar-refractivity contribution is 0.0966. The molecule has 0 radical (unpaired) electrons. The van der Waals surface area contributed by atoms with Crippen molar-refractivity contribution in [2.24, 2.45) is 0 Å². The Morgan fingerprint density at radius 1 is 1.19 bits per heavy atom. The molecule has 0 aliphatic carbocycles. The van der Waals surface area contributed by atoms with Gasteiger partial charge in [0.2, 0.25) is 0 Å². The summed E-state index contributed by atoms with van der Waals surface area (Å²) in [6.07, 6.45) is 1.27. The van der Waals surface area contributed by atoms with Gasteiger partial charge in [-0.05, 0) is 42.2 Å². The molecule has 0 spiro atoms. The Kier molecular flexibility index (Phi) is 4.18. The van der Waals surface area contributed by atoms with Crippen LogP contribution in [0.15, 0.2) is 42.5 Å². The van der Waals surface area contributed by atoms with Crippen molar-refractivity contribution in [1.82, 2.24) is 0 Å². The Labute approximate surface area is 133 Å². The van der Waals surface area contributed by atoms with Gasteiger partial charge in [-0.1, -0.05) is 41.4 Å². The molecule has 0 saturated heterocycles. The van der Waals surface area contributed by atoms with Gasteiger partial charge in [-0.2, -0.15) is 0 Å². The Hall–Kier alpha value is -1.51. The van der Waals surface area contributed by atoms with Crippen molar-refractivity contribution in [3.63, 3.8) is 0 Å². The largest absolute Gasteiger partial charge is 0.493 e. The van der Waals surface area contributed by atoms with Gasteiger partial charge in [-0.25, -0.2) is 0 Å². The van der Waals surface area contributed by atoms with Crippen molar-refractivity contribution in [2.75, 3.05) is 6.61 Å². The lowest BCUT2D eigenvalue weighted by Crippen LogP contribution is -2.17. The molecule has 0 amide bonds. The highest BCUT2D eigenvalue weighted by Crippen LogP contribution is 2.36. The van der Waals surface area contributed by atoms with Crippen LogP contribution in [-0.4, -0.2) is 12.4 Å². The van der Waals surface area contributed by atoms with Gasteiger partial charge in [0.15, 0.2) is 5.78 Å². The first-order chi connectivity index (χ1) is 10.1. The van der Waals surface area contributed by atoms with E-state index in [0.29, 0.717) is 28.6 Å². The molecule has 1 heterocycles. The van der Waals surface area contributed by atoms with Crippen LogP contribution in [0.1, 0.15) is 34.7 Å². The smallest absolute Gasteiger partial charge is 0.164 e. The summed E-state index contributed by atoms with van der Waals surface area (Å²) in [5, 5.41) is 0.945. The van der Waals surface area contributed by atoms with E-state index >= 15 is 0 Å². The Balaban J connectivity index is 1.83. The van der Waals surface area contributed by atoms with Gasteiger partial charge in [0.1, 0.15) is 5.75 Å². The number of carbonyl (C=O) groups excluding carboxylic acids is 1. The summed E-state index contributed by atoms with van der Waals surface area (Å²) in [5.41, 5.74) is 1.63. The van der Waals surface area contributed by atoms with E-state index in [1.165, 1.54) is 0 Å². The average molecular weight is 321 g/mol. The molecule has 0 fully saturated rings. The second-order valence-electron chi connectivity index (χ2n) is 5.12. The zero-order valence-corrected chi connectivity index (χ0v) is 12.8. The second kappa shape index (κ2) is 6.08.